The number of hydrogen-bond acceptors (Lipinski definition) is 6. The van der Waals surface area contributed by atoms with Gasteiger partial charge in [-0.1, -0.05) is 43.7 Å². The van der Waals surface area contributed by atoms with E-state index in [2.05, 4.69) is 13.8 Å². The van der Waals surface area contributed by atoms with E-state index in [0.717, 1.165) is 38.9 Å². The number of pyridine rings is 1. The molecule has 0 saturated heterocycles. The van der Waals surface area contributed by atoms with Crippen molar-refractivity contribution in [2.24, 2.45) is 11.7 Å². The summed E-state index contributed by atoms with van der Waals surface area (Å²) in [4.78, 5) is 30.0. The van der Waals surface area contributed by atoms with E-state index in [1.807, 2.05) is 38.1 Å². The van der Waals surface area contributed by atoms with Gasteiger partial charge in [-0.3, -0.25) is 14.3 Å². The van der Waals surface area contributed by atoms with Crippen LogP contribution < -0.4 is 11.4 Å². The Morgan fingerprint density at radius 2 is 1.88 bits per heavy atom. The first-order valence-electron chi connectivity index (χ1n) is 11.1. The summed E-state index contributed by atoms with van der Waals surface area (Å²) in [5, 5.41) is 10.8. The number of esters is 1. The predicted molar refractivity (Wildman–Crippen MR) is 127 cm³/mol. The highest BCUT2D eigenvalue weighted by Crippen LogP contribution is 2.35. The highest BCUT2D eigenvalue weighted by molar-refractivity contribution is 5.79. The van der Waals surface area contributed by atoms with E-state index in [1.54, 1.807) is 6.92 Å². The Kier molecular flexibility index (Phi) is 7.38. The summed E-state index contributed by atoms with van der Waals surface area (Å²) < 4.78 is 7.28. The minimum Gasteiger partial charge on any atom is -0.493 e. The molecule has 2 heterocycles. The van der Waals surface area contributed by atoms with Gasteiger partial charge >= 0.3 is 11.7 Å². The summed E-state index contributed by atoms with van der Waals surface area (Å²) in [6.45, 7) is 9.87. The molecular weight excluding hydrogens is 420 g/mol. The molecule has 0 aliphatic rings. The summed E-state index contributed by atoms with van der Waals surface area (Å²) in [6.07, 6.45) is 1.97. The number of imidazole rings is 1. The van der Waals surface area contributed by atoms with E-state index < -0.39 is 11.7 Å². The van der Waals surface area contributed by atoms with Crippen molar-refractivity contribution in [1.29, 1.82) is 0 Å². The van der Waals surface area contributed by atoms with E-state index in [0.29, 0.717) is 17.3 Å². The summed E-state index contributed by atoms with van der Waals surface area (Å²) in [6, 6.07) is 7.94. The van der Waals surface area contributed by atoms with Crippen molar-refractivity contribution >= 4 is 5.97 Å². The maximum atomic E-state index is 13.3. The minimum atomic E-state index is -0.557. The van der Waals surface area contributed by atoms with E-state index in [9.17, 15) is 14.7 Å². The molecule has 3 aromatic rings. The van der Waals surface area contributed by atoms with Crippen LogP contribution in [0.4, 0.5) is 0 Å². The number of nitrogens with two attached hydrogens (primary N) is 1. The molecule has 3 rings (SSSR count). The number of benzene rings is 1. The third-order valence-corrected chi connectivity index (χ3v) is 5.44. The zero-order valence-electron chi connectivity index (χ0n) is 19.9. The predicted octanol–water partition coefficient (Wildman–Crippen LogP) is 3.24. The fourth-order valence-electron chi connectivity index (χ4n) is 4.02. The lowest BCUT2D eigenvalue weighted by molar-refractivity contribution is -0.143. The van der Waals surface area contributed by atoms with E-state index >= 15 is 0 Å². The Morgan fingerprint density at radius 3 is 2.45 bits per heavy atom. The van der Waals surface area contributed by atoms with Gasteiger partial charge in [0.1, 0.15) is 6.54 Å². The summed E-state index contributed by atoms with van der Waals surface area (Å²) in [5.41, 5.74) is 11.1. The average Bonchev–Trinajstić information content (AvgIpc) is 3.01. The Morgan fingerprint density at radius 1 is 1.21 bits per heavy atom. The van der Waals surface area contributed by atoms with Gasteiger partial charge in [0.15, 0.2) is 0 Å². The van der Waals surface area contributed by atoms with Crippen LogP contribution in [0.2, 0.25) is 0 Å². The van der Waals surface area contributed by atoms with Crippen LogP contribution in [0.3, 0.4) is 0 Å². The molecule has 176 valence electrons. The monoisotopic (exact) mass is 452 g/mol. The number of rotatable bonds is 8. The normalized spacial score (nSPS) is 11.2. The Balaban J connectivity index is 2.32. The molecule has 0 aliphatic heterocycles. The number of aromatic nitrogens is 3. The minimum absolute atomic E-state index is 0.206. The lowest BCUT2D eigenvalue weighted by Crippen LogP contribution is -2.28. The van der Waals surface area contributed by atoms with Crippen molar-refractivity contribution in [2.45, 2.75) is 54.1 Å². The van der Waals surface area contributed by atoms with E-state index in [-0.39, 0.29) is 25.6 Å². The Labute approximate surface area is 193 Å². The fourth-order valence-corrected chi connectivity index (χ4v) is 4.02. The highest BCUT2D eigenvalue weighted by atomic mass is 16.5. The second kappa shape index (κ2) is 10.0. The van der Waals surface area contributed by atoms with Crippen LogP contribution in [0.15, 0.2) is 35.3 Å². The van der Waals surface area contributed by atoms with Crippen molar-refractivity contribution < 1.29 is 14.6 Å². The number of carbonyl (C=O) groups excluding carboxylic acids is 1. The Hall–Kier alpha value is -3.39. The van der Waals surface area contributed by atoms with Crippen molar-refractivity contribution in [3.63, 3.8) is 0 Å². The van der Waals surface area contributed by atoms with Gasteiger partial charge in [-0.2, -0.15) is 0 Å². The maximum absolute atomic E-state index is 13.3. The Bertz CT molecular complexity index is 1210. The van der Waals surface area contributed by atoms with Gasteiger partial charge in [0.2, 0.25) is 5.88 Å². The molecule has 0 fully saturated rings. The number of carbonyl (C=O) groups is 1. The first-order valence-corrected chi connectivity index (χ1v) is 11.1. The molecule has 0 spiro atoms. The van der Waals surface area contributed by atoms with Crippen molar-refractivity contribution in [3.8, 4) is 22.7 Å². The molecule has 0 bridgehead atoms. The van der Waals surface area contributed by atoms with Crippen LogP contribution in [0.5, 0.6) is 5.88 Å². The van der Waals surface area contributed by atoms with Gasteiger partial charge in [-0.25, -0.2) is 9.36 Å². The molecule has 1 aromatic carbocycles. The first kappa shape index (κ1) is 24.3. The van der Waals surface area contributed by atoms with Gasteiger partial charge in [0.25, 0.3) is 0 Å². The number of nitrogens with zero attached hydrogens (tertiary/aromatic N) is 3. The van der Waals surface area contributed by atoms with Crippen LogP contribution in [-0.4, -0.2) is 31.8 Å². The topological polar surface area (TPSA) is 112 Å². The first-order chi connectivity index (χ1) is 15.7. The number of hydrogen-bond donors (Lipinski definition) is 2. The second-order valence-corrected chi connectivity index (χ2v) is 8.55. The zero-order chi connectivity index (χ0) is 24.3. The molecule has 33 heavy (non-hydrogen) atoms. The van der Waals surface area contributed by atoms with Gasteiger partial charge < -0.3 is 15.6 Å². The van der Waals surface area contributed by atoms with Crippen molar-refractivity contribution in [3.05, 3.63) is 63.5 Å². The number of ether oxygens (including phenoxy) is 1. The molecule has 3 N–H and O–H groups in total. The summed E-state index contributed by atoms with van der Waals surface area (Å²) >= 11 is 0. The quantitative estimate of drug-likeness (QED) is 0.508. The van der Waals surface area contributed by atoms with Gasteiger partial charge in [0.05, 0.1) is 24.2 Å². The maximum Gasteiger partial charge on any atom is 0.336 e. The SMILES string of the molecule is CCOC(=O)Cn1cc(O)n(-c2c(C)nc(CC(C)C)c(CN)c2-c2ccc(C)cc2)c1=O. The molecular formula is C25H32N4O4. The molecule has 8 heteroatoms. The van der Waals surface area contributed by atoms with Crippen LogP contribution in [0.1, 0.15) is 43.3 Å². The summed E-state index contributed by atoms with van der Waals surface area (Å²) in [7, 11) is 0. The number of aromatic hydroxyl groups is 1. The van der Waals surface area contributed by atoms with Gasteiger partial charge in [-0.05, 0) is 44.2 Å². The lowest BCUT2D eigenvalue weighted by atomic mass is 9.92. The van der Waals surface area contributed by atoms with Crippen molar-refractivity contribution in [1.82, 2.24) is 14.1 Å². The molecule has 0 unspecified atom stereocenters. The molecule has 0 aliphatic carbocycles. The number of aryl methyl sites for hydroxylation is 2. The largest absolute Gasteiger partial charge is 0.493 e. The van der Waals surface area contributed by atoms with E-state index in [1.165, 1.54) is 10.8 Å². The standard InChI is InChI=1S/C25H32N4O4/c1-6-33-22(31)14-28-13-21(30)29(25(28)32)24-17(5)27-20(11-15(2)3)19(12-26)23(24)18-9-7-16(4)8-10-18/h7-10,13,15,30H,6,11-12,14,26H2,1-5H3. The fraction of sp³-hybridized carbons (Fsp3) is 0.400. The third-order valence-electron chi connectivity index (χ3n) is 5.44. The molecule has 8 nitrogen and oxygen atoms in total. The van der Waals surface area contributed by atoms with Gasteiger partial charge in [-0.15, -0.1) is 0 Å². The molecule has 0 atom stereocenters. The van der Waals surface area contributed by atoms with E-state index in [4.69, 9.17) is 15.5 Å². The van der Waals surface area contributed by atoms with Crippen molar-refractivity contribution in [2.75, 3.05) is 6.61 Å². The van der Waals surface area contributed by atoms with Crippen LogP contribution >= 0.6 is 0 Å². The third kappa shape index (κ3) is 5.01. The lowest BCUT2D eigenvalue weighted by Gasteiger charge is -2.21. The smallest absolute Gasteiger partial charge is 0.336 e. The molecule has 0 amide bonds. The molecule has 2 aromatic heterocycles. The average molecular weight is 453 g/mol. The summed E-state index contributed by atoms with van der Waals surface area (Å²) in [5.74, 6) is -0.483. The van der Waals surface area contributed by atoms with Crippen LogP contribution in [0.25, 0.3) is 16.8 Å². The van der Waals surface area contributed by atoms with Crippen LogP contribution in [-0.2, 0) is 29.0 Å². The molecule has 0 radical (unpaired) electrons. The molecule has 0 saturated carbocycles. The van der Waals surface area contributed by atoms with Crippen LogP contribution in [0, 0.1) is 19.8 Å². The van der Waals surface area contributed by atoms with Gasteiger partial charge in [0, 0.05) is 17.8 Å². The second-order valence-electron chi connectivity index (χ2n) is 8.55. The zero-order valence-corrected chi connectivity index (χ0v) is 19.9. The highest BCUT2D eigenvalue weighted by Gasteiger charge is 2.25.